The predicted molar refractivity (Wildman–Crippen MR) is 152 cm³/mol. The van der Waals surface area contributed by atoms with E-state index in [-0.39, 0.29) is 0 Å². The van der Waals surface area contributed by atoms with Crippen molar-refractivity contribution in [2.45, 2.75) is 13.1 Å². The number of halogens is 12. The number of rotatable bonds is 6. The van der Waals surface area contributed by atoms with Gasteiger partial charge in [-0.15, -0.1) is 0 Å². The molecule has 46 heavy (non-hydrogen) atoms. The fraction of sp³-hybridized carbons (Fsp3) is 0.0714. The molecule has 0 amide bonds. The molecule has 0 aliphatic heterocycles. The minimum absolute atomic E-state index is 0.852. The standard InChI is InChI=1S/C28H24N4.2F6P/c1-2-24(22-32-19-11-28(12-20-32)26-7-15-30-16-8-26)4-3-23(1)21-31-17-9-27(10-18-31)25-5-13-29-14-6-25;2*1-7(2,3,4,5)6/h1-20H,21-22H2;;/q+2;2*-1. The molecule has 250 valence electrons. The van der Waals surface area contributed by atoms with E-state index in [0.717, 1.165) is 13.1 Å². The fourth-order valence-electron chi connectivity index (χ4n) is 3.77. The van der Waals surface area contributed by atoms with Gasteiger partial charge in [-0.3, -0.25) is 9.97 Å². The molecule has 0 fully saturated rings. The Labute approximate surface area is 254 Å². The van der Waals surface area contributed by atoms with E-state index in [4.69, 9.17) is 0 Å². The number of aromatic nitrogens is 4. The average Bonchev–Trinajstić information content (AvgIpc) is 2.93. The fourth-order valence-corrected chi connectivity index (χ4v) is 3.77. The number of benzene rings is 1. The van der Waals surface area contributed by atoms with Gasteiger partial charge in [0.25, 0.3) is 0 Å². The summed E-state index contributed by atoms with van der Waals surface area (Å²) in [6.07, 6.45) is 15.8. The van der Waals surface area contributed by atoms with Crippen LogP contribution in [0.1, 0.15) is 11.1 Å². The van der Waals surface area contributed by atoms with Crippen LogP contribution in [0.5, 0.6) is 0 Å². The molecule has 18 heteroatoms. The summed E-state index contributed by atoms with van der Waals surface area (Å²) >= 11 is 0. The quantitative estimate of drug-likeness (QED) is 0.100. The van der Waals surface area contributed by atoms with Crippen LogP contribution in [0, 0.1) is 0 Å². The molecule has 1 aromatic carbocycles. The van der Waals surface area contributed by atoms with E-state index in [0.29, 0.717) is 0 Å². The molecule has 0 saturated heterocycles. The SMILES string of the molecule is F[P-](F)(F)(F)(F)F.F[P-](F)(F)(F)(F)F.c1cc(-c2cc[n+](Cc3ccc(C[n+]4ccc(-c5ccncc5)cc4)cc3)cc2)ccn1. The molecule has 0 aliphatic carbocycles. The van der Waals surface area contributed by atoms with Crippen molar-refractivity contribution in [2.75, 3.05) is 0 Å². The van der Waals surface area contributed by atoms with Gasteiger partial charge in [-0.05, 0) is 46.5 Å². The second-order valence-corrected chi connectivity index (χ2v) is 13.6. The summed E-state index contributed by atoms with van der Waals surface area (Å²) in [5.74, 6) is 0. The summed E-state index contributed by atoms with van der Waals surface area (Å²) in [7, 11) is -21.3. The van der Waals surface area contributed by atoms with Crippen molar-refractivity contribution in [1.82, 2.24) is 9.97 Å². The second-order valence-electron chi connectivity index (χ2n) is 9.72. The smallest absolute Gasteiger partial charge is 0.173 e. The Morgan fingerprint density at radius 2 is 0.587 bits per heavy atom. The van der Waals surface area contributed by atoms with E-state index in [2.05, 4.69) is 92.4 Å². The first-order valence-corrected chi connectivity index (χ1v) is 16.8. The van der Waals surface area contributed by atoms with E-state index < -0.39 is 15.6 Å². The second kappa shape index (κ2) is 11.9. The first-order valence-electron chi connectivity index (χ1n) is 12.7. The van der Waals surface area contributed by atoms with Gasteiger partial charge < -0.3 is 0 Å². The van der Waals surface area contributed by atoms with Crippen molar-refractivity contribution in [3.8, 4) is 22.3 Å². The van der Waals surface area contributed by atoms with E-state index in [1.165, 1.54) is 33.4 Å². The Balaban J connectivity index is 0.000000345. The molecule has 4 heterocycles. The third-order valence-corrected chi connectivity index (χ3v) is 5.56. The van der Waals surface area contributed by atoms with Crippen molar-refractivity contribution >= 4 is 15.6 Å². The van der Waals surface area contributed by atoms with Crippen molar-refractivity contribution in [3.63, 3.8) is 0 Å². The van der Waals surface area contributed by atoms with Crippen molar-refractivity contribution in [1.29, 1.82) is 0 Å². The van der Waals surface area contributed by atoms with Crippen molar-refractivity contribution in [3.05, 3.63) is 133 Å². The van der Waals surface area contributed by atoms with Crippen LogP contribution in [0.2, 0.25) is 0 Å². The van der Waals surface area contributed by atoms with Crippen molar-refractivity contribution in [2.24, 2.45) is 0 Å². The largest absolute Gasteiger partial charge is 0.265 e. The molecule has 5 aromatic rings. The van der Waals surface area contributed by atoms with Gasteiger partial charge in [-0.2, -0.15) is 0 Å². The minimum atomic E-state index is -10.7. The summed E-state index contributed by atoms with van der Waals surface area (Å²) in [4.78, 5) is 8.17. The van der Waals surface area contributed by atoms with E-state index in [1.54, 1.807) is 0 Å². The van der Waals surface area contributed by atoms with E-state index in [9.17, 15) is 50.4 Å². The Morgan fingerprint density at radius 1 is 0.370 bits per heavy atom. The molecule has 4 nitrogen and oxygen atoms in total. The normalized spacial score (nSPS) is 14.5. The Bertz CT molecular complexity index is 1560. The zero-order valence-electron chi connectivity index (χ0n) is 23.2. The van der Waals surface area contributed by atoms with Gasteiger partial charge in [0.05, 0.1) is 0 Å². The average molecular weight is 706 g/mol. The maximum Gasteiger partial charge on any atom is 0.173 e. The topological polar surface area (TPSA) is 33.5 Å². The maximum absolute atomic E-state index is 10.7. The number of pyridine rings is 4. The van der Waals surface area contributed by atoms with Crippen LogP contribution in [-0.4, -0.2) is 9.97 Å². The van der Waals surface area contributed by atoms with Gasteiger partial charge in [-0.1, -0.05) is 24.3 Å². The Kier molecular flexibility index (Phi) is 9.38. The van der Waals surface area contributed by atoms with E-state index >= 15 is 0 Å². The molecule has 0 aliphatic rings. The summed E-state index contributed by atoms with van der Waals surface area (Å²) in [5, 5.41) is 0. The van der Waals surface area contributed by atoms with Gasteiger partial charge in [0.15, 0.2) is 37.9 Å². The summed E-state index contributed by atoms with van der Waals surface area (Å²) in [6.45, 7) is 1.70. The van der Waals surface area contributed by atoms with Gasteiger partial charge >= 0.3 is 66.0 Å². The molecule has 0 N–H and O–H groups in total. The number of nitrogens with zero attached hydrogens (tertiary/aromatic N) is 4. The summed E-state index contributed by atoms with van der Waals surface area (Å²) < 4.78 is 123. The monoisotopic (exact) mass is 706 g/mol. The predicted octanol–water partition coefficient (Wildman–Crippen LogP) is 11.2. The zero-order valence-corrected chi connectivity index (χ0v) is 25.0. The Hall–Kier alpha value is -4.16. The van der Waals surface area contributed by atoms with Crippen LogP contribution in [0.4, 0.5) is 50.4 Å². The first-order chi connectivity index (χ1) is 20.7. The van der Waals surface area contributed by atoms with Gasteiger partial charge in [0.2, 0.25) is 0 Å². The minimum Gasteiger partial charge on any atom is -0.265 e. The van der Waals surface area contributed by atoms with Gasteiger partial charge in [-0.25, -0.2) is 9.13 Å². The zero-order chi connectivity index (χ0) is 34.4. The molecular formula is C28H24F12N4P2. The molecule has 5 rings (SSSR count). The molecular weight excluding hydrogens is 682 g/mol. The molecule has 0 radical (unpaired) electrons. The molecule has 0 spiro atoms. The molecule has 0 atom stereocenters. The van der Waals surface area contributed by atoms with Crippen LogP contribution >= 0.6 is 15.6 Å². The third-order valence-electron chi connectivity index (χ3n) is 5.56. The third kappa shape index (κ3) is 18.0. The van der Waals surface area contributed by atoms with Gasteiger partial charge in [0, 0.05) is 60.2 Å². The maximum atomic E-state index is 9.87. The number of hydrogen-bond donors (Lipinski definition) is 0. The molecule has 0 unspecified atom stereocenters. The Morgan fingerprint density at radius 3 is 0.826 bits per heavy atom. The summed E-state index contributed by atoms with van der Waals surface area (Å²) in [6, 6.07) is 25.6. The van der Waals surface area contributed by atoms with Gasteiger partial charge in [0.1, 0.15) is 0 Å². The van der Waals surface area contributed by atoms with Crippen molar-refractivity contribution < 1.29 is 59.5 Å². The van der Waals surface area contributed by atoms with Crippen LogP contribution < -0.4 is 9.13 Å². The number of hydrogen-bond acceptors (Lipinski definition) is 2. The van der Waals surface area contributed by atoms with Crippen LogP contribution in [0.25, 0.3) is 22.3 Å². The summed E-state index contributed by atoms with van der Waals surface area (Å²) in [5.41, 5.74) is 7.34. The van der Waals surface area contributed by atoms with E-state index in [1.807, 2.05) is 49.1 Å². The van der Waals surface area contributed by atoms with Crippen LogP contribution in [-0.2, 0) is 13.1 Å². The first kappa shape index (κ1) is 36.3. The molecule has 0 saturated carbocycles. The van der Waals surface area contributed by atoms with Crippen LogP contribution in [0.15, 0.2) is 122 Å². The van der Waals surface area contributed by atoms with Crippen LogP contribution in [0.3, 0.4) is 0 Å². The molecule has 0 bridgehead atoms. The molecule has 4 aromatic heterocycles.